The van der Waals surface area contributed by atoms with Gasteiger partial charge in [0.1, 0.15) is 29.5 Å². The molecule has 4 heterocycles. The Morgan fingerprint density at radius 3 is 1.73 bits per heavy atom. The molecule has 0 aliphatic carbocycles. The number of likely N-dealkylation sites (tertiary alicyclic amines) is 2. The number of H-pyrrole nitrogens is 2. The van der Waals surface area contributed by atoms with Gasteiger partial charge in [-0.2, -0.15) is 0 Å². The molecule has 2 saturated heterocycles. The Morgan fingerprint density at radius 1 is 0.667 bits per heavy atom. The summed E-state index contributed by atoms with van der Waals surface area (Å²) in [6.45, 7) is 4.72. The molecule has 2 aromatic heterocycles. The van der Waals surface area contributed by atoms with Gasteiger partial charge in [0.2, 0.25) is 5.91 Å². The average Bonchev–Trinajstić information content (AvgIpc) is 4.16. The number of carbonyl (C=O) groups excluding carboxylic acids is 4. The molecule has 0 spiro atoms. The van der Waals surface area contributed by atoms with Crippen molar-refractivity contribution in [1.29, 1.82) is 0 Å². The number of aromatic nitrogens is 4. The normalized spacial score (nSPS) is 17.2. The highest BCUT2D eigenvalue weighted by atomic mass is 19.4. The number of amides is 4. The number of halogens is 3. The van der Waals surface area contributed by atoms with Crippen molar-refractivity contribution >= 4 is 34.8 Å². The number of alkyl carbamates (subject to hydrolysis) is 2. The number of hydrogen-bond donors (Lipinski definition) is 4. The highest BCUT2D eigenvalue weighted by Crippen LogP contribution is 2.37. The number of fused-ring (bicyclic) bond motifs is 1. The molecule has 0 saturated carbocycles. The maximum absolute atomic E-state index is 14.0. The van der Waals surface area contributed by atoms with E-state index in [1.807, 2.05) is 38.1 Å². The van der Waals surface area contributed by atoms with Crippen LogP contribution in [0.4, 0.5) is 22.8 Å². The van der Waals surface area contributed by atoms with E-state index in [-0.39, 0.29) is 23.4 Å². The van der Waals surface area contributed by atoms with Crippen molar-refractivity contribution in [2.75, 3.05) is 27.3 Å². The average molecular weight is 907 g/mol. The molecule has 2 aliphatic rings. The van der Waals surface area contributed by atoms with E-state index < -0.39 is 48.3 Å². The second-order valence-electron chi connectivity index (χ2n) is 16.6. The van der Waals surface area contributed by atoms with E-state index >= 15 is 0 Å². The molecule has 344 valence electrons. The molecule has 0 radical (unpaired) electrons. The number of nitrogens with zero attached hydrogens (tertiary/aromatic N) is 4. The van der Waals surface area contributed by atoms with Crippen LogP contribution in [0.1, 0.15) is 74.9 Å². The van der Waals surface area contributed by atoms with Crippen LogP contribution in [0.5, 0.6) is 5.75 Å². The second-order valence-corrected chi connectivity index (χ2v) is 16.6. The number of carbonyl (C=O) groups is 4. The fraction of sp³-hybridized carbons (Fsp3) is 0.333. The molecule has 18 heteroatoms. The number of benzene rings is 4. The van der Waals surface area contributed by atoms with Gasteiger partial charge in [-0.1, -0.05) is 74.5 Å². The van der Waals surface area contributed by atoms with Crippen molar-refractivity contribution in [3.05, 3.63) is 115 Å². The minimum atomic E-state index is -4.88. The maximum atomic E-state index is 14.0. The van der Waals surface area contributed by atoms with Crippen LogP contribution in [0.2, 0.25) is 0 Å². The SMILES string of the molecule is COC(=O)NC(C(=O)N1CCC[C@H]1c1ncc(-c2ccc3cc(-c4ccc(-c5cnc([C@@H]6CCCN6C(=O)[C@@H](NC(=O)OC)C(C)C)[nH]5)cc4)ccc3c2)[nH]1)c1ccc(OC(F)(F)F)cc1. The number of nitrogens with one attached hydrogen (secondary N) is 4. The van der Waals surface area contributed by atoms with Gasteiger partial charge in [-0.15, -0.1) is 13.2 Å². The molecule has 15 nitrogen and oxygen atoms in total. The lowest BCUT2D eigenvalue weighted by molar-refractivity contribution is -0.274. The van der Waals surface area contributed by atoms with E-state index in [0.717, 1.165) is 76.5 Å². The van der Waals surface area contributed by atoms with E-state index in [1.54, 1.807) is 22.2 Å². The van der Waals surface area contributed by atoms with Gasteiger partial charge >= 0.3 is 18.5 Å². The van der Waals surface area contributed by atoms with Crippen LogP contribution in [0.25, 0.3) is 44.4 Å². The van der Waals surface area contributed by atoms with Crippen LogP contribution < -0.4 is 15.4 Å². The maximum Gasteiger partial charge on any atom is 0.573 e. The summed E-state index contributed by atoms with van der Waals surface area (Å²) in [5.74, 6) is 0.0419. The molecule has 2 aliphatic heterocycles. The van der Waals surface area contributed by atoms with Gasteiger partial charge < -0.3 is 44.6 Å². The zero-order valence-corrected chi connectivity index (χ0v) is 36.6. The zero-order chi connectivity index (χ0) is 46.7. The van der Waals surface area contributed by atoms with Crippen LogP contribution in [0, 0.1) is 5.92 Å². The zero-order valence-electron chi connectivity index (χ0n) is 36.6. The predicted molar refractivity (Wildman–Crippen MR) is 237 cm³/mol. The Bertz CT molecular complexity index is 2720. The van der Waals surface area contributed by atoms with Crippen molar-refractivity contribution in [1.82, 2.24) is 40.4 Å². The summed E-state index contributed by atoms with van der Waals surface area (Å²) in [4.78, 5) is 71.5. The lowest BCUT2D eigenvalue weighted by atomic mass is 9.98. The van der Waals surface area contributed by atoms with Gasteiger partial charge in [0, 0.05) is 18.7 Å². The van der Waals surface area contributed by atoms with Gasteiger partial charge in [0.25, 0.3) is 5.91 Å². The lowest BCUT2D eigenvalue weighted by Crippen LogP contribution is -2.51. The molecule has 4 amide bonds. The fourth-order valence-electron chi connectivity index (χ4n) is 8.74. The number of ether oxygens (including phenoxy) is 3. The highest BCUT2D eigenvalue weighted by molar-refractivity contribution is 5.91. The third-order valence-electron chi connectivity index (χ3n) is 12.1. The van der Waals surface area contributed by atoms with E-state index in [4.69, 9.17) is 9.47 Å². The standard InChI is InChI=1S/C48H49F3N8O7/c1-27(2)40(56-46(62)64-3)44(60)58-21-5-7-38(58)42-52-25-36(54-42)29-11-9-28(10-12-29)31-13-14-33-24-34(16-15-32(33)23-31)37-26-53-43(55-37)39-8-6-22-59(39)45(61)41(57-47(63)65-4)30-17-19-35(20-18-30)66-48(49,50)51/h9-20,23-27,38-41H,5-8,21-22H2,1-4H3,(H,52,54)(H,53,55)(H,56,62)(H,57,63)/t38-,39-,40-,41?/m0/s1. The Kier molecular flexibility index (Phi) is 13.0. The molecule has 4 atom stereocenters. The first-order valence-corrected chi connectivity index (χ1v) is 21.6. The third kappa shape index (κ3) is 9.81. The third-order valence-corrected chi connectivity index (χ3v) is 12.1. The molecule has 8 rings (SSSR count). The van der Waals surface area contributed by atoms with Crippen molar-refractivity contribution in [2.24, 2.45) is 5.92 Å². The number of alkyl halides is 3. The minimum Gasteiger partial charge on any atom is -0.453 e. The first-order chi connectivity index (χ1) is 31.7. The summed E-state index contributed by atoms with van der Waals surface area (Å²) in [6, 6.07) is 22.7. The van der Waals surface area contributed by atoms with Gasteiger partial charge in [0.15, 0.2) is 0 Å². The molecule has 6 aromatic rings. The van der Waals surface area contributed by atoms with E-state index in [2.05, 4.69) is 71.7 Å². The monoisotopic (exact) mass is 906 g/mol. The summed E-state index contributed by atoms with van der Waals surface area (Å²) < 4.78 is 51.8. The Morgan fingerprint density at radius 2 is 1.17 bits per heavy atom. The lowest BCUT2D eigenvalue weighted by Gasteiger charge is -2.30. The molecule has 66 heavy (non-hydrogen) atoms. The first kappa shape index (κ1) is 45.2. The van der Waals surface area contributed by atoms with Crippen molar-refractivity contribution in [3.8, 4) is 39.4 Å². The summed E-state index contributed by atoms with van der Waals surface area (Å²) in [6.07, 6.45) is -0.0503. The van der Waals surface area contributed by atoms with E-state index in [0.29, 0.717) is 37.6 Å². The minimum absolute atomic E-state index is 0.128. The molecule has 2 fully saturated rings. The number of hydrogen-bond acceptors (Lipinski definition) is 9. The Balaban J connectivity index is 0.939. The molecule has 4 N–H and O–H groups in total. The topological polar surface area (TPSA) is 184 Å². The Labute approximate surface area is 378 Å². The number of methoxy groups -OCH3 is 2. The summed E-state index contributed by atoms with van der Waals surface area (Å²) in [7, 11) is 2.43. The van der Waals surface area contributed by atoms with E-state index in [9.17, 15) is 32.3 Å². The molecular weight excluding hydrogens is 858 g/mol. The van der Waals surface area contributed by atoms with Gasteiger partial charge in [-0.25, -0.2) is 19.6 Å². The van der Waals surface area contributed by atoms with Crippen LogP contribution in [0.3, 0.4) is 0 Å². The van der Waals surface area contributed by atoms with Crippen molar-refractivity contribution < 1.29 is 46.6 Å². The van der Waals surface area contributed by atoms with Gasteiger partial charge in [0.05, 0.1) is 50.1 Å². The predicted octanol–water partition coefficient (Wildman–Crippen LogP) is 8.99. The fourth-order valence-corrected chi connectivity index (χ4v) is 8.74. The second kappa shape index (κ2) is 19.0. The molecule has 4 aromatic carbocycles. The quantitative estimate of drug-likeness (QED) is 0.0931. The number of imidazole rings is 2. The van der Waals surface area contributed by atoms with Crippen LogP contribution >= 0.6 is 0 Å². The van der Waals surface area contributed by atoms with Crippen LogP contribution in [-0.2, 0) is 19.1 Å². The Hall–Kier alpha value is -7.37. The number of rotatable bonds is 12. The number of aromatic amines is 2. The van der Waals surface area contributed by atoms with E-state index in [1.165, 1.54) is 19.2 Å². The highest BCUT2D eigenvalue weighted by Gasteiger charge is 2.39. The molecule has 0 bridgehead atoms. The molecule has 1 unspecified atom stereocenters. The van der Waals surface area contributed by atoms with Crippen LogP contribution in [-0.4, -0.2) is 93.4 Å². The van der Waals surface area contributed by atoms with Gasteiger partial charge in [-0.3, -0.25) is 9.59 Å². The van der Waals surface area contributed by atoms with Crippen LogP contribution in [0.15, 0.2) is 97.3 Å². The van der Waals surface area contributed by atoms with Gasteiger partial charge in [-0.05, 0) is 88.9 Å². The van der Waals surface area contributed by atoms with Crippen molar-refractivity contribution in [3.63, 3.8) is 0 Å². The molecular formula is C48H49F3N8O7. The summed E-state index contributed by atoms with van der Waals surface area (Å²) in [5, 5.41) is 7.25. The summed E-state index contributed by atoms with van der Waals surface area (Å²) in [5.41, 5.74) is 5.73. The summed E-state index contributed by atoms with van der Waals surface area (Å²) >= 11 is 0. The van der Waals surface area contributed by atoms with Crippen molar-refractivity contribution in [2.45, 2.75) is 70.1 Å². The first-order valence-electron chi connectivity index (χ1n) is 21.6. The smallest absolute Gasteiger partial charge is 0.453 e. The largest absolute Gasteiger partial charge is 0.573 e.